The normalized spacial score (nSPS) is 25.6. The molecule has 0 bridgehead atoms. The molecule has 1 aliphatic carbocycles. The number of nitrogens with zero attached hydrogens (tertiary/aromatic N) is 3. The van der Waals surface area contributed by atoms with Crippen molar-refractivity contribution in [2.45, 2.75) is 25.8 Å². The summed E-state index contributed by atoms with van der Waals surface area (Å²) in [5.74, 6) is 1.06. The molecule has 3 N–H and O–H groups in total. The first-order valence-electron chi connectivity index (χ1n) is 8.61. The highest BCUT2D eigenvalue weighted by molar-refractivity contribution is 5.92. The minimum atomic E-state index is 0.0403. The molecule has 2 heterocycles. The van der Waals surface area contributed by atoms with E-state index < -0.39 is 0 Å². The van der Waals surface area contributed by atoms with Gasteiger partial charge in [0.15, 0.2) is 5.82 Å². The number of ether oxygens (including phenoxy) is 1. The van der Waals surface area contributed by atoms with Crippen LogP contribution in [0.4, 0.5) is 5.82 Å². The van der Waals surface area contributed by atoms with Crippen molar-refractivity contribution < 1.29 is 9.53 Å². The van der Waals surface area contributed by atoms with E-state index in [4.69, 9.17) is 10.5 Å². The molecule has 0 radical (unpaired) electrons. The lowest BCUT2D eigenvalue weighted by molar-refractivity contribution is -0.120. The summed E-state index contributed by atoms with van der Waals surface area (Å²) in [7, 11) is 0. The van der Waals surface area contributed by atoms with Crippen LogP contribution in [-0.2, 0) is 16.1 Å². The van der Waals surface area contributed by atoms with E-state index in [2.05, 4.69) is 15.3 Å². The Labute approximate surface area is 137 Å². The number of anilines is 1. The second-order valence-electron chi connectivity index (χ2n) is 6.44. The summed E-state index contributed by atoms with van der Waals surface area (Å²) in [6.07, 6.45) is 5.01. The van der Waals surface area contributed by atoms with Gasteiger partial charge in [0.1, 0.15) is 0 Å². The van der Waals surface area contributed by atoms with E-state index >= 15 is 0 Å². The number of amides is 1. The van der Waals surface area contributed by atoms with Gasteiger partial charge in [0.2, 0.25) is 5.91 Å². The second kappa shape index (κ2) is 7.90. The SMILES string of the molecule is NC[C@H]1CCC[C@H]1C(=O)Nc1ccn(CCN2CCOCC2)n1. The van der Waals surface area contributed by atoms with Crippen molar-refractivity contribution in [3.63, 3.8) is 0 Å². The number of rotatable bonds is 6. The van der Waals surface area contributed by atoms with E-state index in [1.807, 2.05) is 16.9 Å². The monoisotopic (exact) mass is 321 g/mol. The van der Waals surface area contributed by atoms with Gasteiger partial charge in [-0.15, -0.1) is 0 Å². The molecular weight excluding hydrogens is 294 g/mol. The molecule has 3 rings (SSSR count). The predicted octanol–water partition coefficient (Wildman–Crippen LogP) is 0.529. The summed E-state index contributed by atoms with van der Waals surface area (Å²) in [5.41, 5.74) is 5.76. The Balaban J connectivity index is 1.47. The van der Waals surface area contributed by atoms with Gasteiger partial charge >= 0.3 is 0 Å². The zero-order valence-electron chi connectivity index (χ0n) is 13.6. The highest BCUT2D eigenvalue weighted by Crippen LogP contribution is 2.31. The molecule has 2 fully saturated rings. The highest BCUT2D eigenvalue weighted by Gasteiger charge is 2.32. The van der Waals surface area contributed by atoms with Gasteiger partial charge in [-0.3, -0.25) is 14.4 Å². The molecule has 7 heteroatoms. The summed E-state index contributed by atoms with van der Waals surface area (Å²) in [6.45, 7) is 5.95. The molecular formula is C16H27N5O2. The first-order valence-corrected chi connectivity index (χ1v) is 8.61. The van der Waals surface area contributed by atoms with E-state index in [0.29, 0.717) is 18.3 Å². The standard InChI is InChI=1S/C16H27N5O2/c17-12-13-2-1-3-14(13)16(22)18-15-4-5-21(19-15)7-6-20-8-10-23-11-9-20/h4-5,13-14H,1-3,6-12,17H2,(H,18,19,22)/t13-,14-/m1/s1. The summed E-state index contributed by atoms with van der Waals surface area (Å²) in [6, 6.07) is 1.86. The summed E-state index contributed by atoms with van der Waals surface area (Å²) < 4.78 is 7.23. The van der Waals surface area contributed by atoms with Crippen LogP contribution in [0.2, 0.25) is 0 Å². The number of carbonyl (C=O) groups excluding carboxylic acids is 1. The largest absolute Gasteiger partial charge is 0.379 e. The van der Waals surface area contributed by atoms with Crippen LogP contribution in [0.5, 0.6) is 0 Å². The summed E-state index contributed by atoms with van der Waals surface area (Å²) in [5, 5.41) is 7.40. The number of morpholine rings is 1. The van der Waals surface area contributed by atoms with E-state index in [9.17, 15) is 4.79 Å². The van der Waals surface area contributed by atoms with Crippen molar-refractivity contribution in [3.05, 3.63) is 12.3 Å². The number of hydrogen-bond donors (Lipinski definition) is 2. The number of nitrogens with one attached hydrogen (secondary N) is 1. The lowest BCUT2D eigenvalue weighted by Crippen LogP contribution is -2.38. The molecule has 1 aromatic rings. The van der Waals surface area contributed by atoms with Crippen LogP contribution in [0.1, 0.15) is 19.3 Å². The Morgan fingerprint density at radius 2 is 2.17 bits per heavy atom. The fourth-order valence-electron chi connectivity index (χ4n) is 3.50. The van der Waals surface area contributed by atoms with Crippen LogP contribution in [0.15, 0.2) is 12.3 Å². The van der Waals surface area contributed by atoms with Gasteiger partial charge in [0, 0.05) is 37.8 Å². The molecule has 1 saturated carbocycles. The molecule has 0 unspecified atom stereocenters. The molecule has 7 nitrogen and oxygen atoms in total. The fourth-order valence-corrected chi connectivity index (χ4v) is 3.50. The maximum absolute atomic E-state index is 12.4. The summed E-state index contributed by atoms with van der Waals surface area (Å²) >= 11 is 0. The average Bonchev–Trinajstić information content (AvgIpc) is 3.22. The lowest BCUT2D eigenvalue weighted by Gasteiger charge is -2.26. The Morgan fingerprint density at radius 3 is 2.96 bits per heavy atom. The summed E-state index contributed by atoms with van der Waals surface area (Å²) in [4.78, 5) is 14.7. The molecule has 2 aliphatic rings. The minimum absolute atomic E-state index is 0.0403. The van der Waals surface area contributed by atoms with Gasteiger partial charge < -0.3 is 15.8 Å². The zero-order valence-corrected chi connectivity index (χ0v) is 13.6. The lowest BCUT2D eigenvalue weighted by atomic mass is 9.95. The van der Waals surface area contributed by atoms with Crippen molar-refractivity contribution in [3.8, 4) is 0 Å². The third-order valence-corrected chi connectivity index (χ3v) is 4.94. The van der Waals surface area contributed by atoms with E-state index in [-0.39, 0.29) is 11.8 Å². The maximum atomic E-state index is 12.4. The van der Waals surface area contributed by atoms with Gasteiger partial charge in [-0.05, 0) is 25.3 Å². The van der Waals surface area contributed by atoms with Gasteiger partial charge in [-0.1, -0.05) is 6.42 Å². The van der Waals surface area contributed by atoms with Crippen molar-refractivity contribution >= 4 is 11.7 Å². The zero-order chi connectivity index (χ0) is 16.1. The van der Waals surface area contributed by atoms with Crippen LogP contribution in [-0.4, -0.2) is 60.0 Å². The molecule has 23 heavy (non-hydrogen) atoms. The van der Waals surface area contributed by atoms with Crippen LogP contribution >= 0.6 is 0 Å². The third-order valence-electron chi connectivity index (χ3n) is 4.94. The van der Waals surface area contributed by atoms with Crippen molar-refractivity contribution in [2.75, 3.05) is 44.7 Å². The van der Waals surface area contributed by atoms with Gasteiger partial charge in [-0.25, -0.2) is 0 Å². The Hall–Kier alpha value is -1.44. The second-order valence-corrected chi connectivity index (χ2v) is 6.44. The van der Waals surface area contributed by atoms with Gasteiger partial charge in [0.05, 0.1) is 19.8 Å². The van der Waals surface area contributed by atoms with Gasteiger partial charge in [-0.2, -0.15) is 5.10 Å². The average molecular weight is 321 g/mol. The first kappa shape index (κ1) is 16.4. The fraction of sp³-hybridized carbons (Fsp3) is 0.750. The van der Waals surface area contributed by atoms with Crippen molar-refractivity contribution in [1.82, 2.24) is 14.7 Å². The van der Waals surface area contributed by atoms with Crippen LogP contribution in [0, 0.1) is 11.8 Å². The van der Waals surface area contributed by atoms with Crippen LogP contribution in [0.25, 0.3) is 0 Å². The van der Waals surface area contributed by atoms with E-state index in [0.717, 1.165) is 58.7 Å². The number of carbonyl (C=O) groups is 1. The number of aromatic nitrogens is 2. The topological polar surface area (TPSA) is 85.4 Å². The molecule has 0 spiro atoms. The Bertz CT molecular complexity index is 512. The first-order chi connectivity index (χ1) is 11.3. The van der Waals surface area contributed by atoms with E-state index in [1.165, 1.54) is 0 Å². The molecule has 2 atom stereocenters. The Kier molecular flexibility index (Phi) is 5.64. The van der Waals surface area contributed by atoms with Crippen molar-refractivity contribution in [2.24, 2.45) is 17.6 Å². The Morgan fingerprint density at radius 1 is 1.35 bits per heavy atom. The molecule has 1 amide bonds. The quantitative estimate of drug-likeness (QED) is 0.798. The minimum Gasteiger partial charge on any atom is -0.379 e. The number of hydrogen-bond acceptors (Lipinski definition) is 5. The predicted molar refractivity (Wildman–Crippen MR) is 88.0 cm³/mol. The number of nitrogens with two attached hydrogens (primary N) is 1. The van der Waals surface area contributed by atoms with Crippen LogP contribution in [0.3, 0.4) is 0 Å². The maximum Gasteiger partial charge on any atom is 0.229 e. The van der Waals surface area contributed by atoms with Gasteiger partial charge in [0.25, 0.3) is 0 Å². The smallest absolute Gasteiger partial charge is 0.229 e. The molecule has 1 aliphatic heterocycles. The van der Waals surface area contributed by atoms with E-state index in [1.54, 1.807) is 0 Å². The molecule has 0 aromatic carbocycles. The van der Waals surface area contributed by atoms with Crippen LogP contribution < -0.4 is 11.1 Å². The highest BCUT2D eigenvalue weighted by atomic mass is 16.5. The molecule has 1 saturated heterocycles. The van der Waals surface area contributed by atoms with Crippen molar-refractivity contribution in [1.29, 1.82) is 0 Å². The molecule has 128 valence electrons. The third kappa shape index (κ3) is 4.31. The molecule has 1 aromatic heterocycles.